The van der Waals surface area contributed by atoms with Crippen LogP contribution in [0.5, 0.6) is 0 Å². The van der Waals surface area contributed by atoms with Crippen molar-refractivity contribution in [2.24, 2.45) is 5.92 Å². The fourth-order valence-corrected chi connectivity index (χ4v) is 2.48. The van der Waals surface area contributed by atoms with Crippen molar-refractivity contribution in [2.75, 3.05) is 5.73 Å². The van der Waals surface area contributed by atoms with Crippen LogP contribution in [-0.4, -0.2) is 9.97 Å². The highest BCUT2D eigenvalue weighted by Crippen LogP contribution is 2.30. The summed E-state index contributed by atoms with van der Waals surface area (Å²) in [6.45, 7) is 2.05. The third-order valence-corrected chi connectivity index (χ3v) is 3.70. The van der Waals surface area contributed by atoms with Crippen LogP contribution in [0.25, 0.3) is 10.9 Å². The summed E-state index contributed by atoms with van der Waals surface area (Å²) in [6, 6.07) is 6.09. The van der Waals surface area contributed by atoms with E-state index in [-0.39, 0.29) is 0 Å². The smallest absolute Gasteiger partial charge is 0.135 e. The minimum Gasteiger partial charge on any atom is -0.383 e. The standard InChI is InChI=1S/C14H17N3/c1-9-4-2-7-11-13(9)14(15)17-12(16-11)8-10-5-3-6-10/h2,4,7,10H,3,5-6,8H2,1H3,(H2,15,16,17). The van der Waals surface area contributed by atoms with Gasteiger partial charge in [-0.2, -0.15) is 0 Å². The Bertz CT molecular complexity index is 559. The molecule has 3 rings (SSSR count). The quantitative estimate of drug-likeness (QED) is 0.858. The third-order valence-electron chi connectivity index (χ3n) is 3.70. The van der Waals surface area contributed by atoms with Gasteiger partial charge in [-0.3, -0.25) is 0 Å². The van der Waals surface area contributed by atoms with Gasteiger partial charge in [0.25, 0.3) is 0 Å². The summed E-state index contributed by atoms with van der Waals surface area (Å²) < 4.78 is 0. The van der Waals surface area contributed by atoms with Gasteiger partial charge in [0.2, 0.25) is 0 Å². The van der Waals surface area contributed by atoms with E-state index in [1.807, 2.05) is 25.1 Å². The first-order valence-electron chi connectivity index (χ1n) is 6.26. The minimum absolute atomic E-state index is 0.627. The normalized spacial score (nSPS) is 16.1. The van der Waals surface area contributed by atoms with Crippen molar-refractivity contribution in [3.8, 4) is 0 Å². The summed E-state index contributed by atoms with van der Waals surface area (Å²) >= 11 is 0. The summed E-state index contributed by atoms with van der Waals surface area (Å²) in [5.41, 5.74) is 8.17. The molecule has 17 heavy (non-hydrogen) atoms. The SMILES string of the molecule is Cc1cccc2nc(CC3CCC3)nc(N)c12. The van der Waals surface area contributed by atoms with Gasteiger partial charge in [0.15, 0.2) is 0 Å². The summed E-state index contributed by atoms with van der Waals surface area (Å²) in [5, 5.41) is 1.00. The number of fused-ring (bicyclic) bond motifs is 1. The largest absolute Gasteiger partial charge is 0.383 e. The molecule has 1 aliphatic rings. The lowest BCUT2D eigenvalue weighted by molar-refractivity contribution is 0.309. The van der Waals surface area contributed by atoms with Crippen LogP contribution in [0.4, 0.5) is 5.82 Å². The molecule has 0 aliphatic heterocycles. The van der Waals surface area contributed by atoms with Gasteiger partial charge in [-0.1, -0.05) is 31.4 Å². The van der Waals surface area contributed by atoms with E-state index >= 15 is 0 Å². The van der Waals surface area contributed by atoms with Gasteiger partial charge in [0.1, 0.15) is 11.6 Å². The molecule has 0 unspecified atom stereocenters. The summed E-state index contributed by atoms with van der Waals surface area (Å²) in [5.74, 6) is 2.31. The number of hydrogen-bond donors (Lipinski definition) is 1. The predicted molar refractivity (Wildman–Crippen MR) is 69.7 cm³/mol. The molecule has 1 heterocycles. The van der Waals surface area contributed by atoms with Crippen molar-refractivity contribution in [2.45, 2.75) is 32.6 Å². The van der Waals surface area contributed by atoms with E-state index in [4.69, 9.17) is 5.73 Å². The van der Waals surface area contributed by atoms with Crippen molar-refractivity contribution in [3.05, 3.63) is 29.6 Å². The highest BCUT2D eigenvalue weighted by molar-refractivity contribution is 5.90. The van der Waals surface area contributed by atoms with Crippen LogP contribution in [0.15, 0.2) is 18.2 Å². The van der Waals surface area contributed by atoms with Crippen molar-refractivity contribution in [1.82, 2.24) is 9.97 Å². The zero-order valence-corrected chi connectivity index (χ0v) is 10.1. The van der Waals surface area contributed by atoms with Crippen LogP contribution in [0, 0.1) is 12.8 Å². The van der Waals surface area contributed by atoms with Crippen LogP contribution >= 0.6 is 0 Å². The second kappa shape index (κ2) is 3.99. The first kappa shape index (κ1) is 10.5. The van der Waals surface area contributed by atoms with Crippen LogP contribution in [0.1, 0.15) is 30.7 Å². The number of nitrogen functional groups attached to an aromatic ring is 1. The van der Waals surface area contributed by atoms with Crippen LogP contribution in [-0.2, 0) is 6.42 Å². The summed E-state index contributed by atoms with van der Waals surface area (Å²) in [6.07, 6.45) is 4.96. The Balaban J connectivity index is 2.04. The Labute approximate surface area is 101 Å². The summed E-state index contributed by atoms with van der Waals surface area (Å²) in [7, 11) is 0. The second-order valence-corrected chi connectivity index (χ2v) is 5.00. The Morgan fingerprint density at radius 3 is 2.82 bits per heavy atom. The van der Waals surface area contributed by atoms with E-state index in [2.05, 4.69) is 9.97 Å². The fraction of sp³-hybridized carbons (Fsp3) is 0.429. The molecule has 0 atom stereocenters. The Kier molecular flexibility index (Phi) is 2.46. The maximum absolute atomic E-state index is 6.04. The van der Waals surface area contributed by atoms with Gasteiger partial charge >= 0.3 is 0 Å². The third kappa shape index (κ3) is 1.86. The summed E-state index contributed by atoms with van der Waals surface area (Å²) in [4.78, 5) is 9.08. The molecule has 1 aliphatic carbocycles. The molecule has 1 saturated carbocycles. The molecule has 3 nitrogen and oxygen atoms in total. The molecular formula is C14H17N3. The van der Waals surface area contributed by atoms with Crippen LogP contribution in [0.3, 0.4) is 0 Å². The molecule has 0 bridgehead atoms. The number of nitrogens with two attached hydrogens (primary N) is 1. The Hall–Kier alpha value is -1.64. The highest BCUT2D eigenvalue weighted by Gasteiger charge is 2.19. The van der Waals surface area contributed by atoms with Crippen LogP contribution < -0.4 is 5.73 Å². The second-order valence-electron chi connectivity index (χ2n) is 5.00. The first-order valence-corrected chi connectivity index (χ1v) is 6.26. The maximum Gasteiger partial charge on any atom is 0.135 e. The molecule has 2 aromatic rings. The van der Waals surface area contributed by atoms with Crippen molar-refractivity contribution in [3.63, 3.8) is 0 Å². The predicted octanol–water partition coefficient (Wildman–Crippen LogP) is 2.86. The molecule has 1 aromatic heterocycles. The average Bonchev–Trinajstić information content (AvgIpc) is 2.23. The maximum atomic E-state index is 6.04. The molecule has 0 spiro atoms. The lowest BCUT2D eigenvalue weighted by Crippen LogP contribution is -2.16. The molecule has 0 saturated heterocycles. The van der Waals surface area contributed by atoms with E-state index in [1.165, 1.54) is 19.3 Å². The van der Waals surface area contributed by atoms with E-state index in [0.29, 0.717) is 5.82 Å². The van der Waals surface area contributed by atoms with E-state index in [1.54, 1.807) is 0 Å². The van der Waals surface area contributed by atoms with Gasteiger partial charge in [-0.25, -0.2) is 9.97 Å². The Morgan fingerprint density at radius 1 is 1.29 bits per heavy atom. The molecular weight excluding hydrogens is 210 g/mol. The fourth-order valence-electron chi connectivity index (χ4n) is 2.48. The number of rotatable bonds is 2. The lowest BCUT2D eigenvalue weighted by Gasteiger charge is -2.24. The van der Waals surface area contributed by atoms with Gasteiger partial charge in [0, 0.05) is 11.8 Å². The molecule has 3 heteroatoms. The van der Waals surface area contributed by atoms with Gasteiger partial charge in [0.05, 0.1) is 5.52 Å². The first-order chi connectivity index (χ1) is 8.24. The highest BCUT2D eigenvalue weighted by atomic mass is 14.9. The minimum atomic E-state index is 0.627. The molecule has 0 amide bonds. The van der Waals surface area contributed by atoms with E-state index in [0.717, 1.165) is 34.6 Å². The van der Waals surface area contributed by atoms with Gasteiger partial charge in [-0.15, -0.1) is 0 Å². The number of aromatic nitrogens is 2. The zero-order chi connectivity index (χ0) is 11.8. The van der Waals surface area contributed by atoms with Crippen LogP contribution in [0.2, 0.25) is 0 Å². The number of aryl methyl sites for hydroxylation is 1. The number of anilines is 1. The number of benzene rings is 1. The molecule has 88 valence electrons. The molecule has 1 aromatic carbocycles. The molecule has 1 fully saturated rings. The Morgan fingerprint density at radius 2 is 2.12 bits per heavy atom. The van der Waals surface area contributed by atoms with Crippen molar-refractivity contribution >= 4 is 16.7 Å². The van der Waals surface area contributed by atoms with Gasteiger partial charge < -0.3 is 5.73 Å². The topological polar surface area (TPSA) is 51.8 Å². The lowest BCUT2D eigenvalue weighted by atomic mass is 9.83. The molecule has 0 radical (unpaired) electrons. The van der Waals surface area contributed by atoms with Crippen molar-refractivity contribution < 1.29 is 0 Å². The average molecular weight is 227 g/mol. The monoisotopic (exact) mass is 227 g/mol. The van der Waals surface area contributed by atoms with Gasteiger partial charge in [-0.05, 0) is 24.5 Å². The van der Waals surface area contributed by atoms with E-state index in [9.17, 15) is 0 Å². The van der Waals surface area contributed by atoms with Crippen molar-refractivity contribution in [1.29, 1.82) is 0 Å². The number of hydrogen-bond acceptors (Lipinski definition) is 3. The zero-order valence-electron chi connectivity index (χ0n) is 10.1. The number of nitrogens with zero attached hydrogens (tertiary/aromatic N) is 2. The van der Waals surface area contributed by atoms with E-state index < -0.39 is 0 Å². The molecule has 2 N–H and O–H groups in total.